The number of pyridine rings is 1. The summed E-state index contributed by atoms with van der Waals surface area (Å²) in [6.07, 6.45) is 6.05. The van der Waals surface area contributed by atoms with Crippen molar-refractivity contribution >= 4 is 27.5 Å². The highest BCUT2D eigenvalue weighted by Crippen LogP contribution is 2.17. The van der Waals surface area contributed by atoms with Gasteiger partial charge in [0.1, 0.15) is 5.65 Å². The van der Waals surface area contributed by atoms with Gasteiger partial charge in [0.25, 0.3) is 5.91 Å². The lowest BCUT2D eigenvalue weighted by Gasteiger charge is -2.32. The average Bonchev–Trinajstić information content (AvgIpc) is 3.05. The van der Waals surface area contributed by atoms with Crippen LogP contribution in [-0.2, 0) is 6.54 Å². The topological polar surface area (TPSA) is 49.6 Å². The first-order chi connectivity index (χ1) is 13.1. The number of benzene rings is 1. The van der Waals surface area contributed by atoms with Crippen LogP contribution in [0, 0.1) is 6.92 Å². The fourth-order valence-electron chi connectivity index (χ4n) is 3.65. The number of likely N-dealkylation sites (tertiary alicyclic amines) is 1. The number of aromatic nitrogens is 2. The highest BCUT2D eigenvalue weighted by Gasteiger charge is 2.22. The molecule has 1 fully saturated rings. The van der Waals surface area contributed by atoms with Crippen molar-refractivity contribution in [2.24, 2.45) is 0 Å². The number of nitrogens with one attached hydrogen (secondary N) is 1. The van der Waals surface area contributed by atoms with Gasteiger partial charge in [-0.05, 0) is 59.5 Å². The number of hydrogen-bond donors (Lipinski definition) is 1. The minimum atomic E-state index is 0.0393. The van der Waals surface area contributed by atoms with Gasteiger partial charge in [-0.1, -0.05) is 18.2 Å². The molecule has 0 saturated carbocycles. The van der Waals surface area contributed by atoms with Gasteiger partial charge in [-0.2, -0.15) is 0 Å². The Bertz CT molecular complexity index is 960. The number of imidazole rings is 1. The van der Waals surface area contributed by atoms with Crippen molar-refractivity contribution in [2.75, 3.05) is 13.1 Å². The zero-order valence-corrected chi connectivity index (χ0v) is 16.9. The first-order valence-corrected chi connectivity index (χ1v) is 10.1. The molecule has 0 spiro atoms. The summed E-state index contributed by atoms with van der Waals surface area (Å²) in [5.41, 5.74) is 3.84. The molecule has 0 unspecified atom stereocenters. The minimum absolute atomic E-state index is 0.0393. The van der Waals surface area contributed by atoms with Gasteiger partial charge in [0.15, 0.2) is 0 Å². The Hall–Kier alpha value is -2.18. The number of fused-ring (bicyclic) bond motifs is 1. The monoisotopic (exact) mass is 426 g/mol. The van der Waals surface area contributed by atoms with E-state index in [2.05, 4.69) is 36.7 Å². The highest BCUT2D eigenvalue weighted by atomic mass is 79.9. The number of rotatable bonds is 4. The third kappa shape index (κ3) is 4.22. The molecule has 4 rings (SSSR count). The number of aryl methyl sites for hydroxylation is 1. The van der Waals surface area contributed by atoms with Crippen molar-refractivity contribution in [3.8, 4) is 0 Å². The maximum absolute atomic E-state index is 12.5. The molecule has 1 saturated heterocycles. The Morgan fingerprint density at radius 2 is 1.96 bits per heavy atom. The van der Waals surface area contributed by atoms with Crippen LogP contribution in [0.4, 0.5) is 0 Å². The van der Waals surface area contributed by atoms with Crippen molar-refractivity contribution in [2.45, 2.75) is 32.4 Å². The first kappa shape index (κ1) is 18.2. The van der Waals surface area contributed by atoms with Crippen molar-refractivity contribution in [1.29, 1.82) is 0 Å². The molecule has 0 aliphatic carbocycles. The predicted molar refractivity (Wildman–Crippen MR) is 110 cm³/mol. The quantitative estimate of drug-likeness (QED) is 0.689. The third-order valence-electron chi connectivity index (χ3n) is 5.16. The van der Waals surface area contributed by atoms with E-state index in [0.29, 0.717) is 0 Å². The summed E-state index contributed by atoms with van der Waals surface area (Å²) < 4.78 is 3.10. The molecule has 6 heteroatoms. The molecule has 1 N–H and O–H groups in total. The van der Waals surface area contributed by atoms with Gasteiger partial charge in [-0.3, -0.25) is 9.69 Å². The van der Waals surface area contributed by atoms with E-state index < -0.39 is 0 Å². The Morgan fingerprint density at radius 1 is 1.19 bits per heavy atom. The number of amides is 1. The second-order valence-electron chi connectivity index (χ2n) is 7.18. The molecule has 1 aliphatic rings. The largest absolute Gasteiger partial charge is 0.349 e. The third-order valence-corrected chi connectivity index (χ3v) is 5.63. The van der Waals surface area contributed by atoms with E-state index in [9.17, 15) is 4.79 Å². The molecule has 1 aliphatic heterocycles. The van der Waals surface area contributed by atoms with Gasteiger partial charge < -0.3 is 9.72 Å². The number of carbonyl (C=O) groups excluding carboxylic acids is 1. The summed E-state index contributed by atoms with van der Waals surface area (Å²) >= 11 is 3.49. The smallest absolute Gasteiger partial charge is 0.251 e. The summed E-state index contributed by atoms with van der Waals surface area (Å²) in [7, 11) is 0. The SMILES string of the molecule is Cc1ccccc1C(=O)NC1CCN(Cc2cn3cc(Br)ccc3n2)CC1. The minimum Gasteiger partial charge on any atom is -0.349 e. The van der Waals surface area contributed by atoms with Crippen LogP contribution in [0.5, 0.6) is 0 Å². The number of nitrogens with zero attached hydrogens (tertiary/aromatic N) is 3. The van der Waals surface area contributed by atoms with Crippen LogP contribution in [0.3, 0.4) is 0 Å². The van der Waals surface area contributed by atoms with Gasteiger partial charge in [0.2, 0.25) is 0 Å². The van der Waals surface area contributed by atoms with Gasteiger partial charge in [0, 0.05) is 48.1 Å². The van der Waals surface area contributed by atoms with Crippen LogP contribution < -0.4 is 5.32 Å². The van der Waals surface area contributed by atoms with Crippen LogP contribution in [0.15, 0.2) is 53.3 Å². The van der Waals surface area contributed by atoms with E-state index in [1.165, 1.54) is 0 Å². The van der Waals surface area contributed by atoms with Crippen LogP contribution in [0.25, 0.3) is 5.65 Å². The molecule has 1 aromatic carbocycles. The van der Waals surface area contributed by atoms with Gasteiger partial charge in [-0.15, -0.1) is 0 Å². The molecular formula is C21H23BrN4O. The van der Waals surface area contributed by atoms with Crippen molar-refractivity contribution < 1.29 is 4.79 Å². The lowest BCUT2D eigenvalue weighted by Crippen LogP contribution is -2.44. The van der Waals surface area contributed by atoms with Gasteiger partial charge in [0.05, 0.1) is 5.69 Å². The zero-order chi connectivity index (χ0) is 18.8. The second-order valence-corrected chi connectivity index (χ2v) is 8.10. The molecule has 0 atom stereocenters. The molecule has 3 heterocycles. The second kappa shape index (κ2) is 7.82. The van der Waals surface area contributed by atoms with Crippen LogP contribution in [0.2, 0.25) is 0 Å². The Morgan fingerprint density at radius 3 is 2.74 bits per heavy atom. The maximum atomic E-state index is 12.5. The van der Waals surface area contributed by atoms with E-state index in [-0.39, 0.29) is 11.9 Å². The highest BCUT2D eigenvalue weighted by molar-refractivity contribution is 9.10. The standard InChI is InChI=1S/C21H23BrN4O/c1-15-4-2-3-5-19(15)21(27)24-17-8-10-25(11-9-17)13-18-14-26-12-16(22)6-7-20(26)23-18/h2-7,12,14,17H,8-11,13H2,1H3,(H,24,27). The van der Waals surface area contributed by atoms with E-state index in [1.807, 2.05) is 49.5 Å². The number of piperidine rings is 1. The lowest BCUT2D eigenvalue weighted by molar-refractivity contribution is 0.0908. The normalized spacial score (nSPS) is 15.9. The molecular weight excluding hydrogens is 404 g/mol. The number of halogens is 1. The van der Waals surface area contributed by atoms with Crippen LogP contribution in [-0.4, -0.2) is 39.3 Å². The molecule has 2 aromatic heterocycles. The lowest BCUT2D eigenvalue weighted by atomic mass is 10.0. The molecule has 0 radical (unpaired) electrons. The molecule has 0 bridgehead atoms. The van der Waals surface area contributed by atoms with E-state index in [1.54, 1.807) is 0 Å². The maximum Gasteiger partial charge on any atom is 0.251 e. The molecule has 140 valence electrons. The summed E-state index contributed by atoms with van der Waals surface area (Å²) in [5, 5.41) is 3.20. The van der Waals surface area contributed by atoms with E-state index >= 15 is 0 Å². The fourth-order valence-corrected chi connectivity index (χ4v) is 4.00. The van der Waals surface area contributed by atoms with Gasteiger partial charge >= 0.3 is 0 Å². The molecule has 5 nitrogen and oxygen atoms in total. The van der Waals surface area contributed by atoms with Crippen LogP contribution >= 0.6 is 15.9 Å². The number of hydrogen-bond acceptors (Lipinski definition) is 3. The zero-order valence-electron chi connectivity index (χ0n) is 15.4. The average molecular weight is 427 g/mol. The summed E-state index contributed by atoms with van der Waals surface area (Å²) in [6, 6.07) is 12.0. The van der Waals surface area contributed by atoms with Crippen molar-refractivity contribution in [3.05, 3.63) is 70.1 Å². The Kier molecular flexibility index (Phi) is 5.27. The number of carbonyl (C=O) groups is 1. The Balaban J connectivity index is 1.32. The van der Waals surface area contributed by atoms with E-state index in [4.69, 9.17) is 4.98 Å². The first-order valence-electron chi connectivity index (χ1n) is 9.30. The van der Waals surface area contributed by atoms with Crippen molar-refractivity contribution in [3.63, 3.8) is 0 Å². The summed E-state index contributed by atoms with van der Waals surface area (Å²) in [5.74, 6) is 0.0393. The predicted octanol–water partition coefficient (Wildman–Crippen LogP) is 3.80. The summed E-state index contributed by atoms with van der Waals surface area (Å²) in [4.78, 5) is 19.6. The van der Waals surface area contributed by atoms with Crippen molar-refractivity contribution in [1.82, 2.24) is 19.6 Å². The fraction of sp³-hybridized carbons (Fsp3) is 0.333. The molecule has 3 aromatic rings. The molecule has 1 amide bonds. The summed E-state index contributed by atoms with van der Waals surface area (Å²) in [6.45, 7) is 4.76. The molecule has 27 heavy (non-hydrogen) atoms. The Labute approximate surface area is 167 Å². The van der Waals surface area contributed by atoms with E-state index in [0.717, 1.165) is 59.4 Å². The van der Waals surface area contributed by atoms with Crippen LogP contribution in [0.1, 0.15) is 34.5 Å². The van der Waals surface area contributed by atoms with Gasteiger partial charge in [-0.25, -0.2) is 4.98 Å².